The molecule has 0 radical (unpaired) electrons. The van der Waals surface area contributed by atoms with Gasteiger partial charge in [-0.2, -0.15) is 0 Å². The number of aliphatic hydroxyl groups is 1. The average Bonchev–Trinajstić information content (AvgIpc) is 3.03. The maximum absolute atomic E-state index is 9.54. The van der Waals surface area contributed by atoms with Crippen LogP contribution >= 0.6 is 0 Å². The maximum atomic E-state index is 9.54. The van der Waals surface area contributed by atoms with Crippen molar-refractivity contribution in [2.24, 2.45) is 11.5 Å². The Kier molecular flexibility index (Phi) is 6.98. The number of rotatable bonds is 6. The van der Waals surface area contributed by atoms with E-state index in [0.717, 1.165) is 47.7 Å². The molecule has 0 aromatic carbocycles. The van der Waals surface area contributed by atoms with Crippen LogP contribution in [0.3, 0.4) is 0 Å². The van der Waals surface area contributed by atoms with Gasteiger partial charge < -0.3 is 31.5 Å². The summed E-state index contributed by atoms with van der Waals surface area (Å²) < 4.78 is 5.32. The third-order valence-corrected chi connectivity index (χ3v) is 5.05. The summed E-state index contributed by atoms with van der Waals surface area (Å²) in [6, 6.07) is 0.314. The fourth-order valence-corrected chi connectivity index (χ4v) is 3.51. The average molecular weight is 376 g/mol. The monoisotopic (exact) mass is 375 g/mol. The van der Waals surface area contributed by atoms with Crippen molar-refractivity contribution >= 4 is 0 Å². The minimum absolute atomic E-state index is 0.0179. The van der Waals surface area contributed by atoms with Crippen LogP contribution in [0.25, 0.3) is 0 Å². The molecule has 0 amide bonds. The lowest BCUT2D eigenvalue weighted by atomic mass is 10.1. The standard InChI is InChI=1S/C20H33N5O2/c1-13(2)16(8-15(4)26)10-24-11-17(18(12-24)20(22)27-5)19(21)25-7-6-23-9-14(25)3/h8,14,23,26H,1,4,6-7,9-12,21-22H2,2-3,5H3/b16-8-,19-17+,20-18+. The Hall–Kier alpha value is -2.38. The highest BCUT2D eigenvalue weighted by Crippen LogP contribution is 2.29. The van der Waals surface area contributed by atoms with Crippen LogP contribution in [0.4, 0.5) is 0 Å². The lowest BCUT2D eigenvalue weighted by molar-refractivity contribution is 0.218. The number of ether oxygens (including phenoxy) is 1. The van der Waals surface area contributed by atoms with E-state index in [1.54, 1.807) is 13.2 Å². The third-order valence-electron chi connectivity index (χ3n) is 5.05. The van der Waals surface area contributed by atoms with Crippen molar-refractivity contribution in [1.82, 2.24) is 15.1 Å². The lowest BCUT2D eigenvalue weighted by Gasteiger charge is -2.36. The summed E-state index contributed by atoms with van der Waals surface area (Å²) in [4.78, 5) is 4.43. The van der Waals surface area contributed by atoms with E-state index in [1.165, 1.54) is 0 Å². The molecule has 0 aromatic rings. The van der Waals surface area contributed by atoms with Crippen molar-refractivity contribution in [2.45, 2.75) is 19.9 Å². The summed E-state index contributed by atoms with van der Waals surface area (Å²) >= 11 is 0. The van der Waals surface area contributed by atoms with Crippen LogP contribution < -0.4 is 16.8 Å². The van der Waals surface area contributed by atoms with Gasteiger partial charge in [-0.1, -0.05) is 18.7 Å². The van der Waals surface area contributed by atoms with Crippen molar-refractivity contribution in [3.8, 4) is 0 Å². The molecule has 2 heterocycles. The number of likely N-dealkylation sites (tertiary alicyclic amines) is 1. The van der Waals surface area contributed by atoms with E-state index in [0.29, 0.717) is 31.6 Å². The Balaban J connectivity index is 2.33. The predicted octanol–water partition coefficient (Wildman–Crippen LogP) is 1.16. The van der Waals surface area contributed by atoms with Crippen molar-refractivity contribution < 1.29 is 9.84 Å². The highest BCUT2D eigenvalue weighted by Gasteiger charge is 2.31. The first-order valence-electron chi connectivity index (χ1n) is 9.20. The van der Waals surface area contributed by atoms with E-state index < -0.39 is 0 Å². The van der Waals surface area contributed by atoms with Crippen molar-refractivity contribution in [2.75, 3.05) is 46.4 Å². The molecule has 0 saturated carbocycles. The second kappa shape index (κ2) is 9.01. The number of aliphatic hydroxyl groups excluding tert-OH is 1. The first-order chi connectivity index (χ1) is 12.7. The molecule has 0 spiro atoms. The van der Waals surface area contributed by atoms with Crippen LogP contribution in [-0.2, 0) is 4.74 Å². The van der Waals surface area contributed by atoms with Crippen LogP contribution in [0.15, 0.2) is 59.0 Å². The van der Waals surface area contributed by atoms with Gasteiger partial charge in [0.05, 0.1) is 7.11 Å². The molecule has 2 aliphatic heterocycles. The summed E-state index contributed by atoms with van der Waals surface area (Å²) in [5.74, 6) is 1.17. The first kappa shape index (κ1) is 20.9. The topological polar surface area (TPSA) is 100 Å². The number of nitrogens with zero attached hydrogens (tertiary/aromatic N) is 2. The van der Waals surface area contributed by atoms with Crippen LogP contribution in [0.1, 0.15) is 13.8 Å². The quantitative estimate of drug-likeness (QED) is 0.408. The summed E-state index contributed by atoms with van der Waals surface area (Å²) in [7, 11) is 1.57. The molecule has 0 bridgehead atoms. The van der Waals surface area contributed by atoms with Gasteiger partial charge in [-0.3, -0.25) is 4.90 Å². The van der Waals surface area contributed by atoms with Crippen molar-refractivity contribution in [3.63, 3.8) is 0 Å². The van der Waals surface area contributed by atoms with Gasteiger partial charge in [0.1, 0.15) is 11.6 Å². The third kappa shape index (κ3) is 5.08. The molecule has 1 atom stereocenters. The number of nitrogens with one attached hydrogen (secondary N) is 1. The van der Waals surface area contributed by atoms with E-state index in [9.17, 15) is 5.11 Å². The molecule has 0 aliphatic carbocycles. The molecule has 150 valence electrons. The van der Waals surface area contributed by atoms with E-state index in [4.69, 9.17) is 16.2 Å². The second-order valence-electron chi connectivity index (χ2n) is 7.24. The van der Waals surface area contributed by atoms with Gasteiger partial charge in [0.25, 0.3) is 0 Å². The van der Waals surface area contributed by atoms with Crippen LogP contribution in [0, 0.1) is 0 Å². The molecule has 2 fully saturated rings. The molecule has 2 saturated heterocycles. The minimum Gasteiger partial charge on any atom is -0.509 e. The molecule has 27 heavy (non-hydrogen) atoms. The molecule has 1 unspecified atom stereocenters. The Morgan fingerprint density at radius 1 is 1.33 bits per heavy atom. The summed E-state index contributed by atoms with van der Waals surface area (Å²) in [5.41, 5.74) is 16.4. The molecule has 2 aliphatic rings. The van der Waals surface area contributed by atoms with Crippen LogP contribution in [0.5, 0.6) is 0 Å². The van der Waals surface area contributed by atoms with Crippen LogP contribution in [-0.4, -0.2) is 67.3 Å². The zero-order chi connectivity index (χ0) is 20.1. The highest BCUT2D eigenvalue weighted by molar-refractivity contribution is 5.43. The largest absolute Gasteiger partial charge is 0.509 e. The fraction of sp³-hybridized carbons (Fsp3) is 0.500. The number of hydrogen-bond donors (Lipinski definition) is 4. The molecular weight excluding hydrogens is 342 g/mol. The summed E-state index contributed by atoms with van der Waals surface area (Å²) in [5, 5.41) is 12.9. The van der Waals surface area contributed by atoms with E-state index in [-0.39, 0.29) is 5.76 Å². The zero-order valence-electron chi connectivity index (χ0n) is 16.7. The minimum atomic E-state index is 0.0179. The Morgan fingerprint density at radius 2 is 2.00 bits per heavy atom. The fourth-order valence-electron chi connectivity index (χ4n) is 3.51. The van der Waals surface area contributed by atoms with Gasteiger partial charge in [-0.25, -0.2) is 0 Å². The van der Waals surface area contributed by atoms with Gasteiger partial charge in [-0.15, -0.1) is 0 Å². The normalized spacial score (nSPS) is 25.4. The molecular formula is C20H33N5O2. The first-order valence-corrected chi connectivity index (χ1v) is 9.20. The van der Waals surface area contributed by atoms with Gasteiger partial charge in [0.15, 0.2) is 5.88 Å². The van der Waals surface area contributed by atoms with Crippen molar-refractivity contribution in [3.05, 3.63) is 59.0 Å². The summed E-state index contributed by atoms with van der Waals surface area (Å²) in [6.07, 6.45) is 1.65. The Bertz CT molecular complexity index is 692. The molecule has 7 heteroatoms. The van der Waals surface area contributed by atoms with E-state index >= 15 is 0 Å². The highest BCUT2D eigenvalue weighted by atomic mass is 16.5. The van der Waals surface area contributed by atoms with Gasteiger partial charge in [0.2, 0.25) is 0 Å². The molecule has 2 rings (SSSR count). The maximum Gasteiger partial charge on any atom is 0.188 e. The van der Waals surface area contributed by atoms with Gasteiger partial charge >= 0.3 is 0 Å². The van der Waals surface area contributed by atoms with Crippen LogP contribution in [0.2, 0.25) is 0 Å². The van der Waals surface area contributed by atoms with E-state index in [2.05, 4.69) is 35.2 Å². The predicted molar refractivity (Wildman–Crippen MR) is 110 cm³/mol. The summed E-state index contributed by atoms with van der Waals surface area (Å²) in [6.45, 7) is 16.2. The Morgan fingerprint density at radius 3 is 2.56 bits per heavy atom. The number of hydrogen-bond acceptors (Lipinski definition) is 7. The lowest BCUT2D eigenvalue weighted by Crippen LogP contribution is -2.51. The number of piperazine rings is 1. The SMILES string of the molecule is C=C(O)/C=C(/CN1CC(=C(/N)OC)/C(=C(\N)N2CCNCC2C)C1)C(=C)C. The zero-order valence-corrected chi connectivity index (χ0v) is 16.7. The molecule has 0 aromatic heterocycles. The van der Waals surface area contributed by atoms with Gasteiger partial charge in [-0.05, 0) is 25.5 Å². The van der Waals surface area contributed by atoms with Gasteiger partial charge in [0, 0.05) is 56.5 Å². The number of methoxy groups -OCH3 is 1. The number of nitrogens with two attached hydrogens (primary N) is 2. The number of allylic oxidation sites excluding steroid dienone is 1. The molecule has 6 N–H and O–H groups in total. The molecule has 7 nitrogen and oxygen atoms in total. The van der Waals surface area contributed by atoms with Crippen molar-refractivity contribution in [1.29, 1.82) is 0 Å². The smallest absolute Gasteiger partial charge is 0.188 e. The van der Waals surface area contributed by atoms with E-state index in [1.807, 2.05) is 6.92 Å². The Labute approximate surface area is 162 Å². The second-order valence-corrected chi connectivity index (χ2v) is 7.24.